The highest BCUT2D eigenvalue weighted by atomic mass is 35.5. The van der Waals surface area contributed by atoms with Gasteiger partial charge >= 0.3 is 0 Å². The number of anilines is 1. The predicted octanol–water partition coefficient (Wildman–Crippen LogP) is 3.65. The van der Waals surface area contributed by atoms with Crippen molar-refractivity contribution in [3.8, 4) is 5.75 Å². The molecule has 156 valence electrons. The number of carbonyl (C=O) groups excluding carboxylic acids is 1. The molecule has 0 radical (unpaired) electrons. The van der Waals surface area contributed by atoms with Crippen molar-refractivity contribution in [2.24, 2.45) is 0 Å². The first-order valence-corrected chi connectivity index (χ1v) is 11.1. The van der Waals surface area contributed by atoms with E-state index in [0.29, 0.717) is 16.5 Å². The summed E-state index contributed by atoms with van der Waals surface area (Å²) in [5.41, 5.74) is 1.22. The molecule has 4 rings (SSSR count). The lowest BCUT2D eigenvalue weighted by molar-refractivity contribution is 0.0765. The smallest absolute Gasteiger partial charge is 0.258 e. The second kappa shape index (κ2) is 7.41. The summed E-state index contributed by atoms with van der Waals surface area (Å²) < 4.78 is 40.4. The van der Waals surface area contributed by atoms with Gasteiger partial charge in [0.05, 0.1) is 17.0 Å². The molecule has 0 atom stereocenters. The summed E-state index contributed by atoms with van der Waals surface area (Å²) in [5.74, 6) is -1.45. The van der Waals surface area contributed by atoms with E-state index in [-0.39, 0.29) is 46.4 Å². The lowest BCUT2D eigenvalue weighted by Gasteiger charge is -2.17. The Morgan fingerprint density at radius 2 is 2.10 bits per heavy atom. The molecule has 10 heteroatoms. The number of phenolic OH excluding ortho intramolecular Hbond substituents is 1. The van der Waals surface area contributed by atoms with Crippen LogP contribution in [0.15, 0.2) is 36.5 Å². The van der Waals surface area contributed by atoms with E-state index in [1.807, 2.05) is 0 Å². The molecule has 30 heavy (non-hydrogen) atoms. The van der Waals surface area contributed by atoms with E-state index in [1.54, 1.807) is 12.1 Å². The number of rotatable bonds is 5. The Morgan fingerprint density at radius 1 is 1.33 bits per heavy atom. The first kappa shape index (κ1) is 20.4. The number of benzene rings is 2. The monoisotopic (exact) mass is 449 g/mol. The molecule has 0 saturated heterocycles. The molecule has 1 aliphatic heterocycles. The summed E-state index contributed by atoms with van der Waals surface area (Å²) in [6.45, 7) is 1.61. The van der Waals surface area contributed by atoms with Crippen LogP contribution in [0.4, 0.5) is 10.1 Å². The molecule has 2 aromatic carbocycles. The van der Waals surface area contributed by atoms with Crippen LogP contribution in [0, 0.1) is 5.82 Å². The first-order valence-electron chi connectivity index (χ1n) is 9.08. The minimum Gasteiger partial charge on any atom is -0.505 e. The van der Waals surface area contributed by atoms with Crippen molar-refractivity contribution in [3.63, 3.8) is 0 Å². The lowest BCUT2D eigenvalue weighted by Crippen LogP contribution is -2.23. The van der Waals surface area contributed by atoms with Gasteiger partial charge in [-0.1, -0.05) is 17.7 Å². The van der Waals surface area contributed by atoms with Crippen molar-refractivity contribution in [1.29, 1.82) is 0 Å². The number of aromatic nitrogens is 1. The number of hydrogen-bond donors (Lipinski definition) is 2. The maximum atomic E-state index is 13.3. The number of nitrogens with one attached hydrogen (secondary N) is 1. The van der Waals surface area contributed by atoms with E-state index in [1.165, 1.54) is 30.2 Å². The Bertz CT molecular complexity index is 1300. The topological polar surface area (TPSA) is 99.6 Å². The number of hydrogen-bond acceptors (Lipinski definition) is 5. The molecule has 1 amide bonds. The van der Waals surface area contributed by atoms with Crippen molar-refractivity contribution < 1.29 is 22.7 Å². The Balaban J connectivity index is 1.84. The zero-order chi connectivity index (χ0) is 21.6. The number of fused-ring (bicyclic) bond motifs is 2. The highest BCUT2D eigenvalue weighted by Gasteiger charge is 2.36. The van der Waals surface area contributed by atoms with Crippen LogP contribution in [0.5, 0.6) is 5.75 Å². The van der Waals surface area contributed by atoms with E-state index < -0.39 is 21.7 Å². The molecular formula is C20H17ClFN3O4S. The SMILES string of the molecule is CCS(=O)(=O)Nc1c2c(c(O)c3ncccc13)C(=O)N(Cc1ccc(F)cc1Cl)C2. The van der Waals surface area contributed by atoms with Gasteiger partial charge in [-0.2, -0.15) is 0 Å². The van der Waals surface area contributed by atoms with E-state index in [4.69, 9.17) is 11.6 Å². The summed E-state index contributed by atoms with van der Waals surface area (Å²) in [6, 6.07) is 7.11. The molecular weight excluding hydrogens is 433 g/mol. The van der Waals surface area contributed by atoms with Gasteiger partial charge in [0.1, 0.15) is 11.3 Å². The molecule has 0 aliphatic carbocycles. The average Bonchev–Trinajstić information content (AvgIpc) is 3.04. The van der Waals surface area contributed by atoms with Crippen molar-refractivity contribution in [3.05, 3.63) is 64.1 Å². The Kier molecular flexibility index (Phi) is 5.03. The molecule has 0 unspecified atom stereocenters. The van der Waals surface area contributed by atoms with Crippen molar-refractivity contribution in [2.75, 3.05) is 10.5 Å². The van der Waals surface area contributed by atoms with Crippen molar-refractivity contribution in [1.82, 2.24) is 9.88 Å². The molecule has 0 saturated carbocycles. The maximum absolute atomic E-state index is 13.3. The van der Waals surface area contributed by atoms with Crippen LogP contribution in [0.2, 0.25) is 5.02 Å². The van der Waals surface area contributed by atoms with Gasteiger partial charge in [0.15, 0.2) is 5.75 Å². The summed E-state index contributed by atoms with van der Waals surface area (Å²) >= 11 is 6.09. The average molecular weight is 450 g/mol. The number of nitrogens with zero attached hydrogens (tertiary/aromatic N) is 2. The molecule has 2 heterocycles. The molecule has 1 aromatic heterocycles. The third kappa shape index (κ3) is 3.44. The van der Waals surface area contributed by atoms with E-state index in [9.17, 15) is 22.7 Å². The van der Waals surface area contributed by atoms with Crippen LogP contribution in [0.25, 0.3) is 10.9 Å². The molecule has 0 fully saturated rings. The molecule has 3 aromatic rings. The van der Waals surface area contributed by atoms with Gasteiger partial charge in [-0.25, -0.2) is 12.8 Å². The second-order valence-corrected chi connectivity index (χ2v) is 9.30. The van der Waals surface area contributed by atoms with Gasteiger partial charge in [0, 0.05) is 35.3 Å². The van der Waals surface area contributed by atoms with E-state index in [0.717, 1.165) is 6.07 Å². The molecule has 0 bridgehead atoms. The Labute approximate surface area is 177 Å². The zero-order valence-corrected chi connectivity index (χ0v) is 17.4. The van der Waals surface area contributed by atoms with Crippen LogP contribution in [0.1, 0.15) is 28.4 Å². The lowest BCUT2D eigenvalue weighted by atomic mass is 10.0. The van der Waals surface area contributed by atoms with Crippen LogP contribution in [-0.2, 0) is 23.1 Å². The third-order valence-electron chi connectivity index (χ3n) is 5.01. The van der Waals surface area contributed by atoms with Gasteiger partial charge in [-0.05, 0) is 36.8 Å². The number of amides is 1. The normalized spacial score (nSPS) is 13.7. The molecule has 7 nitrogen and oxygen atoms in total. The van der Waals surface area contributed by atoms with Gasteiger partial charge in [-0.15, -0.1) is 0 Å². The van der Waals surface area contributed by atoms with Crippen LogP contribution < -0.4 is 4.72 Å². The molecule has 2 N–H and O–H groups in total. The molecule has 1 aliphatic rings. The van der Waals surface area contributed by atoms with Crippen molar-refractivity contribution in [2.45, 2.75) is 20.0 Å². The number of sulfonamides is 1. The number of pyridine rings is 1. The number of phenols is 1. The van der Waals surface area contributed by atoms with E-state index in [2.05, 4.69) is 9.71 Å². The van der Waals surface area contributed by atoms with Crippen LogP contribution in [-0.4, -0.2) is 35.1 Å². The number of halogens is 2. The standard InChI is InChI=1S/C20H17ClFN3O4S/c1-2-30(28,29)24-17-13-4-3-7-23-18(13)19(26)16-14(17)10-25(20(16)27)9-11-5-6-12(22)8-15(11)21/h3-8,24,26H,2,9-10H2,1H3. The summed E-state index contributed by atoms with van der Waals surface area (Å²) in [6.07, 6.45) is 1.45. The third-order valence-corrected chi connectivity index (χ3v) is 6.63. The number of carbonyl (C=O) groups is 1. The summed E-state index contributed by atoms with van der Waals surface area (Å²) in [4.78, 5) is 18.6. The molecule has 0 spiro atoms. The zero-order valence-electron chi connectivity index (χ0n) is 15.8. The Morgan fingerprint density at radius 3 is 2.80 bits per heavy atom. The summed E-state index contributed by atoms with van der Waals surface area (Å²) in [7, 11) is -3.66. The van der Waals surface area contributed by atoms with E-state index >= 15 is 0 Å². The number of aromatic hydroxyl groups is 1. The second-order valence-electron chi connectivity index (χ2n) is 6.88. The highest BCUT2D eigenvalue weighted by molar-refractivity contribution is 7.92. The minimum atomic E-state index is -3.66. The quantitative estimate of drug-likeness (QED) is 0.579. The van der Waals surface area contributed by atoms with Gasteiger partial charge in [0.25, 0.3) is 5.91 Å². The van der Waals surface area contributed by atoms with Crippen LogP contribution in [0.3, 0.4) is 0 Å². The van der Waals surface area contributed by atoms with Gasteiger partial charge in [0.2, 0.25) is 10.0 Å². The predicted molar refractivity (Wildman–Crippen MR) is 111 cm³/mol. The fraction of sp³-hybridized carbons (Fsp3) is 0.200. The van der Waals surface area contributed by atoms with Gasteiger partial charge in [-0.3, -0.25) is 14.5 Å². The first-order chi connectivity index (χ1) is 14.2. The maximum Gasteiger partial charge on any atom is 0.258 e. The largest absolute Gasteiger partial charge is 0.505 e. The Hall–Kier alpha value is -2.91. The highest BCUT2D eigenvalue weighted by Crippen LogP contribution is 2.43. The minimum absolute atomic E-state index is 0.00626. The van der Waals surface area contributed by atoms with Crippen molar-refractivity contribution >= 4 is 44.1 Å². The van der Waals surface area contributed by atoms with Gasteiger partial charge < -0.3 is 10.0 Å². The summed E-state index contributed by atoms with van der Waals surface area (Å²) in [5, 5.41) is 11.3. The van der Waals surface area contributed by atoms with Crippen LogP contribution >= 0.6 is 11.6 Å². The fourth-order valence-corrected chi connectivity index (χ4v) is 4.40. The fourth-order valence-electron chi connectivity index (χ4n) is 3.48.